The van der Waals surface area contributed by atoms with Crippen molar-refractivity contribution < 1.29 is 0 Å². The lowest BCUT2D eigenvalue weighted by atomic mass is 9.53. The Kier molecular flexibility index (Phi) is 8.65. The summed E-state index contributed by atoms with van der Waals surface area (Å²) in [5, 5.41) is 2.96. The molecule has 1 fully saturated rings. The van der Waals surface area contributed by atoms with Crippen molar-refractivity contribution in [3.63, 3.8) is 0 Å². The van der Waals surface area contributed by atoms with Crippen molar-refractivity contribution >= 4 is 21.9 Å². The van der Waals surface area contributed by atoms with Crippen molar-refractivity contribution in [3.05, 3.63) is 129 Å². The number of hydrogen-bond donors (Lipinski definition) is 0. The third-order valence-electron chi connectivity index (χ3n) is 15.3. The fourth-order valence-electron chi connectivity index (χ4n) is 13.0. The summed E-state index contributed by atoms with van der Waals surface area (Å²) in [6.07, 6.45) is 18.4. The molecule has 0 N–H and O–H groups in total. The normalized spacial score (nSPS) is 22.8. The predicted octanol–water partition coefficient (Wildman–Crippen LogP) is 15.1. The molecule has 2 atom stereocenters. The van der Waals surface area contributed by atoms with E-state index in [0.717, 1.165) is 6.42 Å². The molecule has 5 aliphatic rings. The Bertz CT molecular complexity index is 2240. The molecule has 9 rings (SSSR count). The zero-order valence-electron chi connectivity index (χ0n) is 34.9. The van der Waals surface area contributed by atoms with E-state index >= 15 is 0 Å². The minimum Gasteiger partial charge on any atom is -0.0654 e. The number of rotatable bonds is 7. The largest absolute Gasteiger partial charge is 0.0654 e. The minimum absolute atomic E-state index is 0.0173. The second-order valence-electron chi connectivity index (χ2n) is 19.4. The van der Waals surface area contributed by atoms with Gasteiger partial charge in [-0.15, -0.1) is 0 Å². The van der Waals surface area contributed by atoms with Gasteiger partial charge in [-0.25, -0.2) is 0 Å². The van der Waals surface area contributed by atoms with Gasteiger partial charge in [0.2, 0.25) is 0 Å². The Morgan fingerprint density at radius 1 is 0.704 bits per heavy atom. The van der Waals surface area contributed by atoms with E-state index in [1.165, 1.54) is 90.8 Å². The molecule has 54 heavy (non-hydrogen) atoms. The Morgan fingerprint density at radius 2 is 1.37 bits per heavy atom. The number of allylic oxidation sites excluding steroid dienone is 6. The molecule has 0 saturated heterocycles. The molecule has 2 unspecified atom stereocenters. The summed E-state index contributed by atoms with van der Waals surface area (Å²) < 4.78 is 0. The lowest BCUT2D eigenvalue weighted by Crippen LogP contribution is -2.43. The van der Waals surface area contributed by atoms with Crippen LogP contribution >= 0.6 is 0 Å². The van der Waals surface area contributed by atoms with Crippen molar-refractivity contribution in [2.45, 2.75) is 143 Å². The molecule has 0 bridgehead atoms. The summed E-state index contributed by atoms with van der Waals surface area (Å²) >= 11 is 0. The molecule has 0 heteroatoms. The zero-order chi connectivity index (χ0) is 37.7. The Labute approximate surface area is 327 Å². The van der Waals surface area contributed by atoms with Gasteiger partial charge in [0.05, 0.1) is 0 Å². The summed E-state index contributed by atoms with van der Waals surface area (Å²) in [6, 6.07) is 26.9. The third kappa shape index (κ3) is 4.93. The molecule has 280 valence electrons. The van der Waals surface area contributed by atoms with E-state index in [9.17, 15) is 0 Å². The lowest BCUT2D eigenvalue weighted by Gasteiger charge is -2.50. The molecular weight excluding hydrogens is 649 g/mol. The average Bonchev–Trinajstić information content (AvgIpc) is 3.77. The molecule has 1 saturated carbocycles. The van der Waals surface area contributed by atoms with Crippen molar-refractivity contribution in [1.29, 1.82) is 0 Å². The summed E-state index contributed by atoms with van der Waals surface area (Å²) in [5.41, 5.74) is 20.3. The molecule has 0 nitrogen and oxygen atoms in total. The molecular formula is C54H64. The minimum atomic E-state index is -0.205. The number of benzene rings is 4. The summed E-state index contributed by atoms with van der Waals surface area (Å²) in [5.74, 6) is 2.32. The van der Waals surface area contributed by atoms with Gasteiger partial charge < -0.3 is 0 Å². The van der Waals surface area contributed by atoms with Gasteiger partial charge in [0.15, 0.2) is 0 Å². The van der Waals surface area contributed by atoms with Crippen LogP contribution in [0.3, 0.4) is 0 Å². The first-order valence-electron chi connectivity index (χ1n) is 22.0. The first-order valence-corrected chi connectivity index (χ1v) is 22.0. The van der Waals surface area contributed by atoms with Crippen molar-refractivity contribution in [2.24, 2.45) is 23.7 Å². The second kappa shape index (κ2) is 13.0. The summed E-state index contributed by atoms with van der Waals surface area (Å²) in [7, 11) is 0. The van der Waals surface area contributed by atoms with Crippen LogP contribution in [0, 0.1) is 23.7 Å². The molecule has 0 aliphatic heterocycles. The molecule has 4 aromatic carbocycles. The lowest BCUT2D eigenvalue weighted by molar-refractivity contribution is 0.210. The van der Waals surface area contributed by atoms with Gasteiger partial charge in [-0.2, -0.15) is 0 Å². The summed E-state index contributed by atoms with van der Waals surface area (Å²) in [6.45, 7) is 22.2. The van der Waals surface area contributed by atoms with E-state index in [2.05, 4.69) is 141 Å². The molecule has 0 aromatic heterocycles. The van der Waals surface area contributed by atoms with Gasteiger partial charge in [0.25, 0.3) is 0 Å². The molecule has 1 spiro atoms. The van der Waals surface area contributed by atoms with Crippen LogP contribution in [0.15, 0.2) is 90.0 Å². The Hall–Kier alpha value is -3.64. The Balaban J connectivity index is 1.45. The van der Waals surface area contributed by atoms with Crippen LogP contribution in [0.1, 0.15) is 159 Å². The van der Waals surface area contributed by atoms with Crippen molar-refractivity contribution in [3.8, 4) is 11.1 Å². The van der Waals surface area contributed by atoms with Gasteiger partial charge >= 0.3 is 0 Å². The van der Waals surface area contributed by atoms with E-state index in [4.69, 9.17) is 0 Å². The standard InChI is InChI=1S/C54H64/c1-10-33(11-2)37-30-42(34(12-3)13-4)48(35-21-15-14-16-22-35)54(32-37)45-28-27-41-43-29-36-23-17-18-24-38(36)49(43)53(8,9)51(41)47(45)44-31-46(52(5,6)7)39-25-19-20-26-40(39)50(44)54/h17-20,23-28,30-35,48H,10-16,21-22,29H2,1-9H3. The smallest absolute Gasteiger partial charge is 0.0474 e. The first kappa shape index (κ1) is 36.0. The quantitative estimate of drug-likeness (QED) is 0.179. The fraction of sp³-hybridized carbons (Fsp3) is 0.481. The molecule has 5 aliphatic carbocycles. The molecule has 0 heterocycles. The van der Waals surface area contributed by atoms with E-state index in [-0.39, 0.29) is 16.2 Å². The molecule has 0 amide bonds. The SMILES string of the molecule is CCC(CC)C1=CC2(c3ccc4c(c3-c3cc(C(C)(C)C)c5ccccc5c32)C(C)(C)C2=C4Cc3ccccc32)C(C2CCCCC2)C(C(CC)CC)=C1. The zero-order valence-corrected chi connectivity index (χ0v) is 34.9. The highest BCUT2D eigenvalue weighted by Crippen LogP contribution is 2.68. The van der Waals surface area contributed by atoms with Crippen molar-refractivity contribution in [2.75, 3.05) is 0 Å². The van der Waals surface area contributed by atoms with Crippen LogP contribution < -0.4 is 0 Å². The maximum absolute atomic E-state index is 2.93. The highest BCUT2D eigenvalue weighted by atomic mass is 14.6. The summed E-state index contributed by atoms with van der Waals surface area (Å²) in [4.78, 5) is 0. The molecule has 0 radical (unpaired) electrons. The van der Waals surface area contributed by atoms with E-state index in [0.29, 0.717) is 23.7 Å². The third-order valence-corrected chi connectivity index (χ3v) is 15.3. The highest BCUT2D eigenvalue weighted by molar-refractivity contribution is 6.10. The van der Waals surface area contributed by atoms with Crippen LogP contribution in [-0.2, 0) is 22.7 Å². The van der Waals surface area contributed by atoms with Gasteiger partial charge in [-0.3, -0.25) is 0 Å². The number of fused-ring (bicyclic) bond motifs is 12. The van der Waals surface area contributed by atoms with Gasteiger partial charge in [-0.05, 0) is 152 Å². The van der Waals surface area contributed by atoms with Gasteiger partial charge in [0, 0.05) is 16.7 Å². The monoisotopic (exact) mass is 713 g/mol. The topological polar surface area (TPSA) is 0 Å². The second-order valence-corrected chi connectivity index (χ2v) is 19.4. The van der Waals surface area contributed by atoms with E-state index in [1.807, 2.05) is 0 Å². The molecule has 4 aromatic rings. The van der Waals surface area contributed by atoms with Gasteiger partial charge in [0.1, 0.15) is 0 Å². The average molecular weight is 713 g/mol. The first-order chi connectivity index (χ1) is 26.0. The van der Waals surface area contributed by atoms with Crippen LogP contribution in [0.4, 0.5) is 0 Å². The van der Waals surface area contributed by atoms with Gasteiger partial charge in [-0.1, -0.05) is 160 Å². The maximum Gasteiger partial charge on any atom is 0.0474 e. The number of hydrogen-bond acceptors (Lipinski definition) is 0. The van der Waals surface area contributed by atoms with Crippen LogP contribution in [-0.4, -0.2) is 0 Å². The predicted molar refractivity (Wildman–Crippen MR) is 233 cm³/mol. The fourth-order valence-corrected chi connectivity index (χ4v) is 13.0. The van der Waals surface area contributed by atoms with Crippen LogP contribution in [0.2, 0.25) is 0 Å². The van der Waals surface area contributed by atoms with E-state index < -0.39 is 0 Å². The Morgan fingerprint density at radius 3 is 2.06 bits per heavy atom. The van der Waals surface area contributed by atoms with Crippen molar-refractivity contribution in [1.82, 2.24) is 0 Å². The highest BCUT2D eigenvalue weighted by Gasteiger charge is 2.57. The van der Waals surface area contributed by atoms with Crippen LogP contribution in [0.5, 0.6) is 0 Å². The van der Waals surface area contributed by atoms with Crippen LogP contribution in [0.25, 0.3) is 33.0 Å². The maximum atomic E-state index is 2.93. The van der Waals surface area contributed by atoms with E-state index in [1.54, 1.807) is 50.1 Å².